The standard InChI is InChI=1S/C16H18N2OS.BrH/c1-3-19-15-11-18(2)16(20-15)17-14-10-6-8-12-7-4-5-9-13(12)14;/h4-10,15H,3,11H2,1-2H3;1H. The molecule has 1 fully saturated rings. The van der Waals surface area contributed by atoms with Crippen molar-refractivity contribution in [3.05, 3.63) is 42.5 Å². The minimum atomic E-state index is 0. The van der Waals surface area contributed by atoms with Crippen LogP contribution in [0.3, 0.4) is 0 Å². The predicted octanol–water partition coefficient (Wildman–Crippen LogP) is 4.45. The van der Waals surface area contributed by atoms with Gasteiger partial charge in [-0.3, -0.25) is 0 Å². The zero-order valence-corrected chi connectivity index (χ0v) is 14.7. The number of nitrogens with zero attached hydrogens (tertiary/aromatic N) is 2. The number of amidine groups is 1. The van der Waals surface area contributed by atoms with Crippen LogP contribution in [0.1, 0.15) is 6.92 Å². The number of fused-ring (bicyclic) bond motifs is 1. The molecule has 1 aliphatic rings. The van der Waals surface area contributed by atoms with Crippen molar-refractivity contribution in [2.24, 2.45) is 4.99 Å². The Bertz CT molecular complexity index is 642. The molecule has 0 aromatic heterocycles. The Kier molecular flexibility index (Phi) is 5.67. The van der Waals surface area contributed by atoms with Crippen molar-refractivity contribution < 1.29 is 4.74 Å². The summed E-state index contributed by atoms with van der Waals surface area (Å²) in [4.78, 5) is 6.98. The Morgan fingerprint density at radius 2 is 2.00 bits per heavy atom. The Balaban J connectivity index is 0.00000161. The van der Waals surface area contributed by atoms with E-state index in [1.807, 2.05) is 6.92 Å². The average molecular weight is 367 g/mol. The third kappa shape index (κ3) is 3.59. The van der Waals surface area contributed by atoms with Gasteiger partial charge in [0.1, 0.15) is 5.44 Å². The molecule has 3 rings (SSSR count). The largest absolute Gasteiger partial charge is 0.366 e. The topological polar surface area (TPSA) is 24.8 Å². The number of likely N-dealkylation sites (N-methyl/N-ethyl adjacent to an activating group) is 1. The van der Waals surface area contributed by atoms with Crippen LogP contribution in [0.25, 0.3) is 10.8 Å². The number of hydrogen-bond donors (Lipinski definition) is 0. The summed E-state index contributed by atoms with van der Waals surface area (Å²) in [5, 5.41) is 3.44. The Morgan fingerprint density at radius 3 is 2.81 bits per heavy atom. The van der Waals surface area contributed by atoms with Gasteiger partial charge in [0.15, 0.2) is 5.17 Å². The maximum Gasteiger partial charge on any atom is 0.166 e. The molecule has 21 heavy (non-hydrogen) atoms. The number of thioether (sulfide) groups is 1. The first-order valence-corrected chi connectivity index (χ1v) is 7.71. The lowest BCUT2D eigenvalue weighted by atomic mass is 10.1. The Morgan fingerprint density at radius 1 is 1.24 bits per heavy atom. The molecule has 2 aromatic carbocycles. The first-order valence-electron chi connectivity index (χ1n) is 6.84. The van der Waals surface area contributed by atoms with Crippen molar-refractivity contribution in [3.8, 4) is 0 Å². The summed E-state index contributed by atoms with van der Waals surface area (Å²) in [5.74, 6) is 0. The maximum absolute atomic E-state index is 5.67. The highest BCUT2D eigenvalue weighted by atomic mass is 79.9. The zero-order valence-electron chi connectivity index (χ0n) is 12.2. The second-order valence-electron chi connectivity index (χ2n) is 4.78. The molecular weight excluding hydrogens is 348 g/mol. The molecule has 0 saturated carbocycles. The minimum Gasteiger partial charge on any atom is -0.366 e. The average Bonchev–Trinajstić information content (AvgIpc) is 2.80. The molecule has 1 saturated heterocycles. The number of hydrogen-bond acceptors (Lipinski definition) is 3. The summed E-state index contributed by atoms with van der Waals surface area (Å²) in [6.45, 7) is 3.66. The van der Waals surface area contributed by atoms with Gasteiger partial charge < -0.3 is 9.64 Å². The monoisotopic (exact) mass is 366 g/mol. The van der Waals surface area contributed by atoms with Gasteiger partial charge in [0, 0.05) is 19.0 Å². The highest BCUT2D eigenvalue weighted by molar-refractivity contribution is 8.93. The molecule has 0 bridgehead atoms. The van der Waals surface area contributed by atoms with Crippen LogP contribution in [0.5, 0.6) is 0 Å². The van der Waals surface area contributed by atoms with Crippen LogP contribution < -0.4 is 0 Å². The van der Waals surface area contributed by atoms with Crippen LogP contribution in [0.15, 0.2) is 47.5 Å². The number of halogens is 1. The van der Waals surface area contributed by atoms with Crippen LogP contribution >= 0.6 is 28.7 Å². The second kappa shape index (κ2) is 7.29. The molecule has 0 aliphatic carbocycles. The maximum atomic E-state index is 5.67. The van der Waals surface area contributed by atoms with Crippen molar-refractivity contribution in [2.75, 3.05) is 20.2 Å². The normalized spacial score (nSPS) is 20.0. The van der Waals surface area contributed by atoms with E-state index in [4.69, 9.17) is 9.73 Å². The summed E-state index contributed by atoms with van der Waals surface area (Å²) >= 11 is 1.70. The molecule has 5 heteroatoms. The number of rotatable bonds is 3. The predicted molar refractivity (Wildman–Crippen MR) is 97.0 cm³/mol. The number of ether oxygens (including phenoxy) is 1. The van der Waals surface area contributed by atoms with Crippen LogP contribution in [0, 0.1) is 0 Å². The van der Waals surface area contributed by atoms with E-state index in [0.717, 1.165) is 24.0 Å². The Hall–Kier alpha value is -1.04. The van der Waals surface area contributed by atoms with Gasteiger partial charge in [-0.2, -0.15) is 0 Å². The third-order valence-electron chi connectivity index (χ3n) is 3.32. The van der Waals surface area contributed by atoms with E-state index in [-0.39, 0.29) is 22.4 Å². The summed E-state index contributed by atoms with van der Waals surface area (Å²) < 4.78 is 5.67. The smallest absolute Gasteiger partial charge is 0.166 e. The summed E-state index contributed by atoms with van der Waals surface area (Å²) in [7, 11) is 2.07. The molecule has 0 spiro atoms. The van der Waals surface area contributed by atoms with E-state index in [1.54, 1.807) is 11.8 Å². The SMILES string of the molecule is Br.CCOC1CN(C)C(=Nc2cccc3ccccc23)S1. The van der Waals surface area contributed by atoms with Crippen molar-refractivity contribution in [3.63, 3.8) is 0 Å². The summed E-state index contributed by atoms with van der Waals surface area (Å²) in [6.07, 6.45) is 0. The molecule has 2 aromatic rings. The fourth-order valence-electron chi connectivity index (χ4n) is 2.34. The van der Waals surface area contributed by atoms with Gasteiger partial charge in [-0.1, -0.05) is 48.2 Å². The van der Waals surface area contributed by atoms with Crippen molar-refractivity contribution in [2.45, 2.75) is 12.4 Å². The first kappa shape index (κ1) is 16.3. The van der Waals surface area contributed by atoms with Crippen LogP contribution in [-0.2, 0) is 4.74 Å². The Labute approximate surface area is 140 Å². The van der Waals surface area contributed by atoms with E-state index >= 15 is 0 Å². The fraction of sp³-hybridized carbons (Fsp3) is 0.312. The number of aliphatic imine (C=N–C) groups is 1. The lowest BCUT2D eigenvalue weighted by molar-refractivity contribution is 0.117. The molecule has 3 nitrogen and oxygen atoms in total. The molecule has 1 atom stereocenters. The third-order valence-corrected chi connectivity index (χ3v) is 4.48. The fourth-order valence-corrected chi connectivity index (χ4v) is 3.48. The van der Waals surface area contributed by atoms with Gasteiger partial charge >= 0.3 is 0 Å². The molecule has 0 amide bonds. The van der Waals surface area contributed by atoms with Crippen LogP contribution in [0.4, 0.5) is 5.69 Å². The van der Waals surface area contributed by atoms with E-state index in [0.29, 0.717) is 0 Å². The molecule has 1 heterocycles. The minimum absolute atomic E-state index is 0. The van der Waals surface area contributed by atoms with Crippen molar-refractivity contribution in [1.29, 1.82) is 0 Å². The van der Waals surface area contributed by atoms with Crippen LogP contribution in [-0.4, -0.2) is 35.7 Å². The molecule has 1 unspecified atom stereocenters. The highest BCUT2D eigenvalue weighted by Gasteiger charge is 2.26. The van der Waals surface area contributed by atoms with E-state index in [2.05, 4.69) is 54.4 Å². The van der Waals surface area contributed by atoms with Gasteiger partial charge in [0.2, 0.25) is 0 Å². The molecule has 0 radical (unpaired) electrons. The first-order chi connectivity index (χ1) is 9.78. The summed E-state index contributed by atoms with van der Waals surface area (Å²) in [6, 6.07) is 14.6. The lowest BCUT2D eigenvalue weighted by Crippen LogP contribution is -2.21. The molecular formula is C16H19BrN2OS. The van der Waals surface area contributed by atoms with Gasteiger partial charge in [-0.25, -0.2) is 4.99 Å². The quantitative estimate of drug-likeness (QED) is 0.802. The lowest BCUT2D eigenvalue weighted by Gasteiger charge is -2.10. The van der Waals surface area contributed by atoms with Crippen molar-refractivity contribution >= 4 is 50.4 Å². The van der Waals surface area contributed by atoms with Gasteiger partial charge in [-0.05, 0) is 18.4 Å². The molecule has 0 N–H and O–H groups in total. The zero-order chi connectivity index (χ0) is 13.9. The van der Waals surface area contributed by atoms with Gasteiger partial charge in [0.25, 0.3) is 0 Å². The van der Waals surface area contributed by atoms with Gasteiger partial charge in [0.05, 0.1) is 12.2 Å². The molecule has 112 valence electrons. The van der Waals surface area contributed by atoms with E-state index < -0.39 is 0 Å². The van der Waals surface area contributed by atoms with Gasteiger partial charge in [-0.15, -0.1) is 17.0 Å². The van der Waals surface area contributed by atoms with Crippen molar-refractivity contribution in [1.82, 2.24) is 4.90 Å². The van der Waals surface area contributed by atoms with E-state index in [9.17, 15) is 0 Å². The van der Waals surface area contributed by atoms with E-state index in [1.165, 1.54) is 10.8 Å². The summed E-state index contributed by atoms with van der Waals surface area (Å²) in [5.41, 5.74) is 1.22. The highest BCUT2D eigenvalue weighted by Crippen LogP contribution is 2.31. The van der Waals surface area contributed by atoms with Crippen LogP contribution in [0.2, 0.25) is 0 Å². The second-order valence-corrected chi connectivity index (χ2v) is 5.90. The molecule has 1 aliphatic heterocycles. The number of benzene rings is 2.